The van der Waals surface area contributed by atoms with Gasteiger partial charge < -0.3 is 15.2 Å². The number of nitrogens with one attached hydrogen (secondary N) is 1. The van der Waals surface area contributed by atoms with Crippen LogP contribution in [0.4, 0.5) is 0 Å². The van der Waals surface area contributed by atoms with Crippen molar-refractivity contribution in [1.82, 2.24) is 10.2 Å². The maximum absolute atomic E-state index is 10.9. The Balaban J connectivity index is 1.70. The lowest BCUT2D eigenvalue weighted by Crippen LogP contribution is -2.40. The smallest absolute Gasteiger partial charge is 0.335 e. The molecule has 0 atom stereocenters. The number of rotatable bonds is 6. The molecular weight excluding hydrogens is 244 g/mol. The molecular formula is C14H20N2O3. The third-order valence-electron chi connectivity index (χ3n) is 3.21. The zero-order valence-corrected chi connectivity index (χ0v) is 11.0. The Hall–Kier alpha value is -1.43. The van der Waals surface area contributed by atoms with E-state index in [4.69, 9.17) is 9.84 Å². The first-order chi connectivity index (χ1) is 9.25. The summed E-state index contributed by atoms with van der Waals surface area (Å²) in [4.78, 5) is 13.2. The molecule has 0 spiro atoms. The van der Waals surface area contributed by atoms with Gasteiger partial charge in [-0.2, -0.15) is 0 Å². The quantitative estimate of drug-likeness (QED) is 0.744. The Labute approximate surface area is 113 Å². The molecule has 2 rings (SSSR count). The second-order valence-corrected chi connectivity index (χ2v) is 4.64. The minimum atomic E-state index is -0.879. The first-order valence-corrected chi connectivity index (χ1v) is 6.59. The van der Waals surface area contributed by atoms with Crippen LogP contribution in [-0.4, -0.2) is 55.4 Å². The van der Waals surface area contributed by atoms with E-state index in [1.165, 1.54) is 0 Å². The predicted octanol–water partition coefficient (Wildman–Crippen LogP) is 0.807. The largest absolute Gasteiger partial charge is 0.478 e. The molecule has 19 heavy (non-hydrogen) atoms. The maximum Gasteiger partial charge on any atom is 0.335 e. The lowest BCUT2D eigenvalue weighted by atomic mass is 10.1. The predicted molar refractivity (Wildman–Crippen MR) is 72.4 cm³/mol. The normalized spacial score (nSPS) is 16.4. The van der Waals surface area contributed by atoms with Gasteiger partial charge in [-0.15, -0.1) is 0 Å². The van der Waals surface area contributed by atoms with E-state index in [0.717, 1.165) is 45.0 Å². The lowest BCUT2D eigenvalue weighted by molar-refractivity contribution is 0.0384. The summed E-state index contributed by atoms with van der Waals surface area (Å²) in [5.74, 6) is -0.879. The molecule has 1 aliphatic rings. The van der Waals surface area contributed by atoms with Crippen molar-refractivity contribution in [3.05, 3.63) is 35.4 Å². The van der Waals surface area contributed by atoms with Gasteiger partial charge in [0.2, 0.25) is 0 Å². The van der Waals surface area contributed by atoms with E-state index >= 15 is 0 Å². The molecule has 1 heterocycles. The van der Waals surface area contributed by atoms with Crippen LogP contribution in [0.25, 0.3) is 0 Å². The van der Waals surface area contributed by atoms with E-state index in [0.29, 0.717) is 12.1 Å². The molecule has 1 aliphatic heterocycles. The summed E-state index contributed by atoms with van der Waals surface area (Å²) in [5, 5.41) is 12.3. The number of aromatic carboxylic acids is 1. The van der Waals surface area contributed by atoms with E-state index < -0.39 is 5.97 Å². The zero-order valence-electron chi connectivity index (χ0n) is 11.0. The molecule has 0 unspecified atom stereocenters. The summed E-state index contributed by atoms with van der Waals surface area (Å²) in [5.41, 5.74) is 1.34. The van der Waals surface area contributed by atoms with Gasteiger partial charge in [-0.1, -0.05) is 12.1 Å². The molecule has 0 aliphatic carbocycles. The van der Waals surface area contributed by atoms with Crippen LogP contribution >= 0.6 is 0 Å². The van der Waals surface area contributed by atoms with Crippen molar-refractivity contribution < 1.29 is 14.6 Å². The first kappa shape index (κ1) is 14.0. The van der Waals surface area contributed by atoms with Gasteiger partial charge in [0.1, 0.15) is 0 Å². The average molecular weight is 264 g/mol. The van der Waals surface area contributed by atoms with Gasteiger partial charge in [0.05, 0.1) is 18.8 Å². The standard InChI is InChI=1S/C14H20N2O3/c17-14(18)13-3-1-2-12(10-13)11-15-4-5-16-6-8-19-9-7-16/h1-3,10,15H,4-9,11H2,(H,17,18). The Morgan fingerprint density at radius 1 is 1.37 bits per heavy atom. The van der Waals surface area contributed by atoms with Crippen molar-refractivity contribution in [3.8, 4) is 0 Å². The van der Waals surface area contributed by atoms with Crippen molar-refractivity contribution in [1.29, 1.82) is 0 Å². The van der Waals surface area contributed by atoms with Crippen molar-refractivity contribution in [2.45, 2.75) is 6.54 Å². The van der Waals surface area contributed by atoms with Gasteiger partial charge in [0, 0.05) is 32.7 Å². The van der Waals surface area contributed by atoms with Gasteiger partial charge in [0.15, 0.2) is 0 Å². The molecule has 0 saturated carbocycles. The molecule has 1 aromatic rings. The minimum Gasteiger partial charge on any atom is -0.478 e. The fraction of sp³-hybridized carbons (Fsp3) is 0.500. The fourth-order valence-corrected chi connectivity index (χ4v) is 2.11. The van der Waals surface area contributed by atoms with Gasteiger partial charge >= 0.3 is 5.97 Å². The highest BCUT2D eigenvalue weighted by Crippen LogP contribution is 2.05. The van der Waals surface area contributed by atoms with Crippen LogP contribution in [0.2, 0.25) is 0 Å². The number of morpholine rings is 1. The van der Waals surface area contributed by atoms with Crippen LogP contribution < -0.4 is 5.32 Å². The second-order valence-electron chi connectivity index (χ2n) is 4.64. The molecule has 1 saturated heterocycles. The third-order valence-corrected chi connectivity index (χ3v) is 3.21. The number of carboxylic acids is 1. The van der Waals surface area contributed by atoms with Gasteiger partial charge in [-0.05, 0) is 17.7 Å². The van der Waals surface area contributed by atoms with E-state index in [-0.39, 0.29) is 0 Å². The molecule has 0 aromatic heterocycles. The van der Waals surface area contributed by atoms with Gasteiger partial charge in [0.25, 0.3) is 0 Å². The molecule has 1 fully saturated rings. The molecule has 0 amide bonds. The number of hydrogen-bond acceptors (Lipinski definition) is 4. The van der Waals surface area contributed by atoms with Gasteiger partial charge in [-0.3, -0.25) is 4.90 Å². The van der Waals surface area contributed by atoms with E-state index in [2.05, 4.69) is 10.2 Å². The second kappa shape index (κ2) is 7.23. The number of hydrogen-bond donors (Lipinski definition) is 2. The number of benzene rings is 1. The van der Waals surface area contributed by atoms with Gasteiger partial charge in [-0.25, -0.2) is 4.79 Å². The Kier molecular flexibility index (Phi) is 5.32. The SMILES string of the molecule is O=C(O)c1cccc(CNCCN2CCOCC2)c1. The number of ether oxygens (including phenoxy) is 1. The molecule has 5 nitrogen and oxygen atoms in total. The van der Waals surface area contributed by atoms with Crippen LogP contribution in [0.1, 0.15) is 15.9 Å². The zero-order chi connectivity index (χ0) is 13.5. The Morgan fingerprint density at radius 2 is 2.16 bits per heavy atom. The maximum atomic E-state index is 10.9. The third kappa shape index (κ3) is 4.63. The summed E-state index contributed by atoms with van der Waals surface area (Å²) in [6, 6.07) is 7.04. The number of carboxylic acid groups (broad SMARTS) is 1. The Morgan fingerprint density at radius 3 is 2.89 bits per heavy atom. The van der Waals surface area contributed by atoms with Crippen molar-refractivity contribution >= 4 is 5.97 Å². The summed E-state index contributed by atoms with van der Waals surface area (Å²) in [6.45, 7) is 6.23. The molecule has 1 aromatic carbocycles. The molecule has 0 radical (unpaired) electrons. The van der Waals surface area contributed by atoms with Crippen molar-refractivity contribution in [3.63, 3.8) is 0 Å². The van der Waals surface area contributed by atoms with Crippen molar-refractivity contribution in [2.24, 2.45) is 0 Å². The van der Waals surface area contributed by atoms with Crippen LogP contribution in [0.5, 0.6) is 0 Å². The Bertz CT molecular complexity index is 417. The highest BCUT2D eigenvalue weighted by molar-refractivity contribution is 5.87. The molecule has 104 valence electrons. The van der Waals surface area contributed by atoms with E-state index in [1.807, 2.05) is 6.07 Å². The average Bonchev–Trinajstić information content (AvgIpc) is 2.45. The van der Waals surface area contributed by atoms with Crippen LogP contribution in [0, 0.1) is 0 Å². The topological polar surface area (TPSA) is 61.8 Å². The summed E-state index contributed by atoms with van der Waals surface area (Å²) in [6.07, 6.45) is 0. The number of carbonyl (C=O) groups is 1. The summed E-state index contributed by atoms with van der Waals surface area (Å²) >= 11 is 0. The van der Waals surface area contributed by atoms with Crippen LogP contribution in [0.3, 0.4) is 0 Å². The van der Waals surface area contributed by atoms with Crippen LogP contribution in [0.15, 0.2) is 24.3 Å². The van der Waals surface area contributed by atoms with E-state index in [1.54, 1.807) is 18.2 Å². The van der Waals surface area contributed by atoms with Crippen molar-refractivity contribution in [2.75, 3.05) is 39.4 Å². The lowest BCUT2D eigenvalue weighted by Gasteiger charge is -2.26. The minimum absolute atomic E-state index is 0.340. The molecule has 0 bridgehead atoms. The van der Waals surface area contributed by atoms with Crippen LogP contribution in [-0.2, 0) is 11.3 Å². The fourth-order valence-electron chi connectivity index (χ4n) is 2.11. The highest BCUT2D eigenvalue weighted by atomic mass is 16.5. The number of nitrogens with zero attached hydrogens (tertiary/aromatic N) is 1. The summed E-state index contributed by atoms with van der Waals surface area (Å²) < 4.78 is 5.29. The monoisotopic (exact) mass is 264 g/mol. The van der Waals surface area contributed by atoms with E-state index in [9.17, 15) is 4.79 Å². The highest BCUT2D eigenvalue weighted by Gasteiger charge is 2.09. The molecule has 5 heteroatoms. The first-order valence-electron chi connectivity index (χ1n) is 6.59. The summed E-state index contributed by atoms with van der Waals surface area (Å²) in [7, 11) is 0. The molecule has 2 N–H and O–H groups in total.